The van der Waals surface area contributed by atoms with Crippen LogP contribution in [0.25, 0.3) is 0 Å². The molecule has 1 saturated heterocycles. The summed E-state index contributed by atoms with van der Waals surface area (Å²) in [5.74, 6) is -0.208. The molecule has 4 N–H and O–H groups in total. The van der Waals surface area contributed by atoms with E-state index in [4.69, 9.17) is 10.5 Å². The van der Waals surface area contributed by atoms with Crippen LogP contribution in [0.1, 0.15) is 27.2 Å². The van der Waals surface area contributed by atoms with Crippen molar-refractivity contribution in [1.29, 1.82) is 0 Å². The van der Waals surface area contributed by atoms with E-state index in [9.17, 15) is 9.59 Å². The Labute approximate surface area is 160 Å². The van der Waals surface area contributed by atoms with Crippen LogP contribution in [0.15, 0.2) is 24.3 Å². The molecule has 1 aromatic carbocycles. The Kier molecular flexibility index (Phi) is 5.85. The molecule has 3 rings (SSSR count). The van der Waals surface area contributed by atoms with E-state index in [0.717, 1.165) is 5.69 Å². The number of nitrogens with zero attached hydrogens (tertiary/aromatic N) is 1. The van der Waals surface area contributed by atoms with Crippen molar-refractivity contribution in [2.75, 3.05) is 29.9 Å². The molecule has 8 heteroatoms. The number of hydrogen-bond acceptors (Lipinski definition) is 4. The minimum absolute atomic E-state index is 0. The average Bonchev–Trinajstić information content (AvgIpc) is 3.01. The first-order valence-corrected chi connectivity index (χ1v) is 8.67. The van der Waals surface area contributed by atoms with Crippen molar-refractivity contribution < 1.29 is 14.3 Å². The molecule has 0 bridgehead atoms. The molecule has 0 spiro atoms. The Morgan fingerprint density at radius 1 is 1.38 bits per heavy atom. The van der Waals surface area contributed by atoms with Crippen molar-refractivity contribution in [3.8, 4) is 0 Å². The van der Waals surface area contributed by atoms with Crippen molar-refractivity contribution in [2.45, 2.75) is 38.8 Å². The second kappa shape index (κ2) is 7.42. The van der Waals surface area contributed by atoms with Gasteiger partial charge in [0.1, 0.15) is 5.54 Å². The number of nitrogens with two attached hydrogens (primary N) is 1. The maximum Gasteiger partial charge on any atom is 0.321 e. The smallest absolute Gasteiger partial charge is 0.321 e. The number of hydrogen-bond donors (Lipinski definition) is 3. The minimum atomic E-state index is -0.958. The second-order valence-corrected chi connectivity index (χ2v) is 7.23. The molecule has 7 nitrogen and oxygen atoms in total. The summed E-state index contributed by atoms with van der Waals surface area (Å²) in [7, 11) is 0. The van der Waals surface area contributed by atoms with E-state index in [0.29, 0.717) is 31.8 Å². The first-order valence-electron chi connectivity index (χ1n) is 8.67. The van der Waals surface area contributed by atoms with Crippen LogP contribution < -0.4 is 21.3 Å². The predicted octanol–water partition coefficient (Wildman–Crippen LogP) is 2.11. The summed E-state index contributed by atoms with van der Waals surface area (Å²) in [4.78, 5) is 26.1. The Morgan fingerprint density at radius 2 is 2.04 bits per heavy atom. The number of rotatable bonds is 5. The van der Waals surface area contributed by atoms with Crippen LogP contribution in [-0.4, -0.2) is 43.3 Å². The summed E-state index contributed by atoms with van der Waals surface area (Å²) in [6, 6.07) is 7.11. The van der Waals surface area contributed by atoms with Crippen molar-refractivity contribution in [3.05, 3.63) is 24.3 Å². The fraction of sp³-hybridized carbons (Fsp3) is 0.556. The molecule has 2 aliphatic rings. The number of urea groups is 1. The Hall–Kier alpha value is -1.83. The van der Waals surface area contributed by atoms with Gasteiger partial charge in [0, 0.05) is 42.9 Å². The highest BCUT2D eigenvalue weighted by Gasteiger charge is 2.62. The van der Waals surface area contributed by atoms with Gasteiger partial charge < -0.3 is 21.1 Å². The van der Waals surface area contributed by atoms with E-state index in [2.05, 4.69) is 10.6 Å². The van der Waals surface area contributed by atoms with E-state index in [1.165, 1.54) is 0 Å². The number of amides is 3. The SMILES string of the molecule is CCOC1CC(N)(C(=O)Nc2ccc(N3CCNC3=O)cc2)C1(C)C.Cl. The molecule has 1 heterocycles. The maximum atomic E-state index is 12.7. The van der Waals surface area contributed by atoms with E-state index in [1.807, 2.05) is 32.9 Å². The third kappa shape index (κ3) is 3.26. The summed E-state index contributed by atoms with van der Waals surface area (Å²) in [6.07, 6.45) is 0.496. The molecule has 144 valence electrons. The number of halogens is 1. The Balaban J connectivity index is 0.00000243. The van der Waals surface area contributed by atoms with Gasteiger partial charge in [0.05, 0.1) is 6.10 Å². The van der Waals surface area contributed by atoms with E-state index < -0.39 is 11.0 Å². The first kappa shape index (κ1) is 20.5. The highest BCUT2D eigenvalue weighted by molar-refractivity contribution is 6.00. The molecular formula is C18H27ClN4O3. The van der Waals surface area contributed by atoms with Gasteiger partial charge in [-0.2, -0.15) is 0 Å². The van der Waals surface area contributed by atoms with Crippen LogP contribution in [0.3, 0.4) is 0 Å². The molecule has 0 radical (unpaired) electrons. The van der Waals surface area contributed by atoms with Crippen molar-refractivity contribution in [3.63, 3.8) is 0 Å². The fourth-order valence-corrected chi connectivity index (χ4v) is 3.51. The molecule has 1 aliphatic carbocycles. The Morgan fingerprint density at radius 3 is 2.54 bits per heavy atom. The van der Waals surface area contributed by atoms with Gasteiger partial charge >= 0.3 is 6.03 Å². The van der Waals surface area contributed by atoms with Gasteiger partial charge in [0.2, 0.25) is 5.91 Å². The molecule has 1 aromatic rings. The van der Waals surface area contributed by atoms with Gasteiger partial charge in [-0.05, 0) is 31.2 Å². The zero-order chi connectivity index (χ0) is 18.2. The molecule has 0 aromatic heterocycles. The third-order valence-electron chi connectivity index (χ3n) is 5.53. The lowest BCUT2D eigenvalue weighted by molar-refractivity contribution is -0.166. The zero-order valence-corrected chi connectivity index (χ0v) is 16.2. The van der Waals surface area contributed by atoms with Gasteiger partial charge in [-0.3, -0.25) is 9.69 Å². The van der Waals surface area contributed by atoms with E-state index >= 15 is 0 Å². The average molecular weight is 383 g/mol. The van der Waals surface area contributed by atoms with Gasteiger partial charge in [0.25, 0.3) is 0 Å². The van der Waals surface area contributed by atoms with Gasteiger partial charge in [-0.15, -0.1) is 12.4 Å². The molecule has 3 amide bonds. The Bertz CT molecular complexity index is 680. The van der Waals surface area contributed by atoms with E-state index in [1.54, 1.807) is 17.0 Å². The summed E-state index contributed by atoms with van der Waals surface area (Å²) >= 11 is 0. The van der Waals surface area contributed by atoms with Crippen molar-refractivity contribution >= 4 is 35.7 Å². The van der Waals surface area contributed by atoms with Crippen LogP contribution in [-0.2, 0) is 9.53 Å². The van der Waals surface area contributed by atoms with Crippen LogP contribution in [0.5, 0.6) is 0 Å². The highest BCUT2D eigenvalue weighted by atomic mass is 35.5. The predicted molar refractivity (Wildman–Crippen MR) is 104 cm³/mol. The lowest BCUT2D eigenvalue weighted by Gasteiger charge is -2.57. The normalized spacial score (nSPS) is 26.5. The van der Waals surface area contributed by atoms with Crippen LogP contribution in [0, 0.1) is 5.41 Å². The summed E-state index contributed by atoms with van der Waals surface area (Å²) in [5.41, 5.74) is 6.46. The largest absolute Gasteiger partial charge is 0.378 e. The lowest BCUT2D eigenvalue weighted by Crippen LogP contribution is -2.74. The van der Waals surface area contributed by atoms with E-state index in [-0.39, 0.29) is 30.4 Å². The highest BCUT2D eigenvalue weighted by Crippen LogP contribution is 2.50. The van der Waals surface area contributed by atoms with Gasteiger partial charge in [-0.1, -0.05) is 13.8 Å². The van der Waals surface area contributed by atoms with Gasteiger partial charge in [-0.25, -0.2) is 4.79 Å². The molecule has 1 aliphatic heterocycles. The second-order valence-electron chi connectivity index (χ2n) is 7.23. The molecule has 1 saturated carbocycles. The molecule has 2 fully saturated rings. The number of benzene rings is 1. The molecule has 2 unspecified atom stereocenters. The summed E-state index contributed by atoms with van der Waals surface area (Å²) in [5, 5.41) is 5.66. The number of carbonyl (C=O) groups is 2. The molecule has 26 heavy (non-hydrogen) atoms. The summed E-state index contributed by atoms with van der Waals surface area (Å²) in [6.45, 7) is 7.76. The standard InChI is InChI=1S/C18H26N4O3.ClH/c1-4-25-14-11-18(19,17(14,2)3)15(23)21-12-5-7-13(8-6-12)22-10-9-20-16(22)24;/h5-8,14H,4,9-11,19H2,1-3H3,(H,20,24)(H,21,23);1H. The first-order chi connectivity index (χ1) is 11.8. The van der Waals surface area contributed by atoms with Gasteiger partial charge in [0.15, 0.2) is 0 Å². The number of nitrogens with one attached hydrogen (secondary N) is 2. The maximum absolute atomic E-state index is 12.7. The van der Waals surface area contributed by atoms with Crippen LogP contribution in [0.2, 0.25) is 0 Å². The summed E-state index contributed by atoms with van der Waals surface area (Å²) < 4.78 is 5.67. The van der Waals surface area contributed by atoms with Crippen molar-refractivity contribution in [1.82, 2.24) is 5.32 Å². The number of anilines is 2. The number of ether oxygens (including phenoxy) is 1. The monoisotopic (exact) mass is 382 g/mol. The van der Waals surface area contributed by atoms with Crippen molar-refractivity contribution in [2.24, 2.45) is 11.1 Å². The molecule has 2 atom stereocenters. The quantitative estimate of drug-likeness (QED) is 0.726. The van der Waals surface area contributed by atoms with Crippen LogP contribution in [0.4, 0.5) is 16.2 Å². The molecular weight excluding hydrogens is 356 g/mol. The topological polar surface area (TPSA) is 96.7 Å². The minimum Gasteiger partial charge on any atom is -0.378 e. The fourth-order valence-electron chi connectivity index (χ4n) is 3.51. The van der Waals surface area contributed by atoms with Crippen LogP contribution >= 0.6 is 12.4 Å². The number of carbonyl (C=O) groups excluding carboxylic acids is 2. The zero-order valence-electron chi connectivity index (χ0n) is 15.4. The lowest BCUT2D eigenvalue weighted by atomic mass is 9.54. The third-order valence-corrected chi connectivity index (χ3v) is 5.53.